The molecule has 8 nitrogen and oxygen atoms in total. The molecule has 0 aliphatic carbocycles. The Morgan fingerprint density at radius 3 is 2.16 bits per heavy atom. The number of hydrogen-bond acceptors (Lipinski definition) is 5. The fraction of sp³-hybridized carbons (Fsp3) is 0.257. The van der Waals surface area contributed by atoms with Crippen LogP contribution in [-0.2, 0) is 32.6 Å². The summed E-state index contributed by atoms with van der Waals surface area (Å²) >= 11 is 0. The van der Waals surface area contributed by atoms with E-state index in [1.54, 1.807) is 54.6 Å². The summed E-state index contributed by atoms with van der Waals surface area (Å²) in [4.78, 5) is 29.3. The molecule has 0 saturated heterocycles. The van der Waals surface area contributed by atoms with Crippen molar-refractivity contribution in [1.82, 2.24) is 10.2 Å². The van der Waals surface area contributed by atoms with Gasteiger partial charge in [-0.2, -0.15) is 0 Å². The molecule has 45 heavy (non-hydrogen) atoms. The molecule has 0 bridgehead atoms. The van der Waals surface area contributed by atoms with E-state index in [-0.39, 0.29) is 29.1 Å². The molecule has 1 atom stereocenters. The van der Waals surface area contributed by atoms with Crippen molar-refractivity contribution in [3.63, 3.8) is 0 Å². The van der Waals surface area contributed by atoms with Gasteiger partial charge in [0, 0.05) is 25.1 Å². The number of sulfonamides is 1. The minimum absolute atomic E-state index is 0.00102. The fourth-order valence-electron chi connectivity index (χ4n) is 4.84. The zero-order valence-corrected chi connectivity index (χ0v) is 26.5. The topological polar surface area (TPSA) is 96.0 Å². The molecule has 10 heteroatoms. The molecule has 1 N–H and O–H groups in total. The lowest BCUT2D eigenvalue weighted by Gasteiger charge is -2.34. The predicted molar refractivity (Wildman–Crippen MR) is 173 cm³/mol. The largest absolute Gasteiger partial charge is 0.497 e. The number of carbonyl (C=O) groups is 2. The molecule has 0 aliphatic rings. The van der Waals surface area contributed by atoms with E-state index in [0.717, 1.165) is 15.4 Å². The third-order valence-electron chi connectivity index (χ3n) is 7.37. The number of rotatable bonds is 14. The average molecular weight is 632 g/mol. The SMILES string of the molecule is CCCNC(=O)[C@H](Cc1ccccc1)N(Cc1ccccc1F)C(=O)CN(c1ccc(OC)cc1)S(=O)(=O)c1ccc(C)cc1. The number of halogens is 1. The number of amides is 2. The predicted octanol–water partition coefficient (Wildman–Crippen LogP) is 5.50. The van der Waals surface area contributed by atoms with Crippen molar-refractivity contribution in [3.05, 3.63) is 126 Å². The molecular weight excluding hydrogens is 593 g/mol. The smallest absolute Gasteiger partial charge is 0.264 e. The molecule has 0 aliphatic heterocycles. The summed E-state index contributed by atoms with van der Waals surface area (Å²) < 4.78 is 49.4. The van der Waals surface area contributed by atoms with Crippen molar-refractivity contribution in [2.24, 2.45) is 0 Å². The highest BCUT2D eigenvalue weighted by Crippen LogP contribution is 2.27. The first-order valence-electron chi connectivity index (χ1n) is 14.7. The van der Waals surface area contributed by atoms with Crippen LogP contribution >= 0.6 is 0 Å². The molecular formula is C35H38FN3O5S. The van der Waals surface area contributed by atoms with E-state index in [1.807, 2.05) is 44.2 Å². The first kappa shape index (κ1) is 33.2. The van der Waals surface area contributed by atoms with Crippen molar-refractivity contribution in [1.29, 1.82) is 0 Å². The minimum Gasteiger partial charge on any atom is -0.497 e. The van der Waals surface area contributed by atoms with Gasteiger partial charge in [-0.1, -0.05) is 73.2 Å². The van der Waals surface area contributed by atoms with Gasteiger partial charge >= 0.3 is 0 Å². The number of benzene rings is 4. The highest BCUT2D eigenvalue weighted by atomic mass is 32.2. The van der Waals surface area contributed by atoms with Gasteiger partial charge in [0.2, 0.25) is 11.8 Å². The highest BCUT2D eigenvalue weighted by molar-refractivity contribution is 7.92. The Balaban J connectivity index is 1.80. The molecule has 0 aromatic heterocycles. The van der Waals surface area contributed by atoms with Crippen LogP contribution in [-0.4, -0.2) is 51.4 Å². The number of carbonyl (C=O) groups excluding carboxylic acids is 2. The van der Waals surface area contributed by atoms with Crippen LogP contribution in [0.2, 0.25) is 0 Å². The first-order valence-corrected chi connectivity index (χ1v) is 16.2. The van der Waals surface area contributed by atoms with Crippen LogP contribution < -0.4 is 14.4 Å². The monoisotopic (exact) mass is 631 g/mol. The van der Waals surface area contributed by atoms with Gasteiger partial charge in [0.25, 0.3) is 10.0 Å². The van der Waals surface area contributed by atoms with Gasteiger partial charge < -0.3 is 15.0 Å². The molecule has 0 fully saturated rings. The van der Waals surface area contributed by atoms with Crippen molar-refractivity contribution in [3.8, 4) is 5.75 Å². The van der Waals surface area contributed by atoms with Crippen molar-refractivity contribution in [2.75, 3.05) is 24.5 Å². The van der Waals surface area contributed by atoms with Gasteiger partial charge in [0.15, 0.2) is 0 Å². The Bertz CT molecular complexity index is 1680. The summed E-state index contributed by atoms with van der Waals surface area (Å²) in [6.07, 6.45) is 0.814. The molecule has 0 unspecified atom stereocenters. The second-order valence-electron chi connectivity index (χ2n) is 10.6. The maximum Gasteiger partial charge on any atom is 0.264 e. The van der Waals surface area contributed by atoms with Gasteiger partial charge in [0.1, 0.15) is 24.2 Å². The summed E-state index contributed by atoms with van der Waals surface area (Å²) in [7, 11) is -2.75. The Morgan fingerprint density at radius 2 is 1.53 bits per heavy atom. The lowest BCUT2D eigenvalue weighted by atomic mass is 10.0. The summed E-state index contributed by atoms with van der Waals surface area (Å²) in [5.74, 6) is -1.11. The number of nitrogens with zero attached hydrogens (tertiary/aromatic N) is 2. The first-order chi connectivity index (χ1) is 21.6. The number of nitrogens with one attached hydrogen (secondary N) is 1. The molecule has 0 saturated carbocycles. The standard InChI is InChI=1S/C35H38FN3O5S/c1-4-22-37-35(41)33(23-27-10-6-5-7-11-27)38(24-28-12-8-9-13-32(28)36)34(40)25-39(29-16-18-30(44-3)19-17-29)45(42,43)31-20-14-26(2)15-21-31/h5-21,33H,4,22-25H2,1-3H3,(H,37,41)/t33-/m0/s1. The third-order valence-corrected chi connectivity index (χ3v) is 9.16. The Kier molecular flexibility index (Phi) is 11.3. The molecule has 2 amide bonds. The molecule has 0 heterocycles. The van der Waals surface area contributed by atoms with Crippen LogP contribution in [0.15, 0.2) is 108 Å². The van der Waals surface area contributed by atoms with E-state index in [4.69, 9.17) is 4.74 Å². The van der Waals surface area contributed by atoms with Crippen LogP contribution in [0.3, 0.4) is 0 Å². The van der Waals surface area contributed by atoms with Crippen LogP contribution in [0.25, 0.3) is 0 Å². The molecule has 4 rings (SSSR count). The van der Waals surface area contributed by atoms with E-state index >= 15 is 0 Å². The summed E-state index contributed by atoms with van der Waals surface area (Å²) in [6, 6.07) is 26.8. The van der Waals surface area contributed by atoms with Gasteiger partial charge in [-0.15, -0.1) is 0 Å². The van der Waals surface area contributed by atoms with E-state index in [2.05, 4.69) is 5.32 Å². The van der Waals surface area contributed by atoms with Crippen LogP contribution in [0.4, 0.5) is 10.1 Å². The van der Waals surface area contributed by atoms with E-state index < -0.39 is 40.2 Å². The summed E-state index contributed by atoms with van der Waals surface area (Å²) in [5.41, 5.74) is 2.09. The van der Waals surface area contributed by atoms with Gasteiger partial charge in [-0.25, -0.2) is 12.8 Å². The van der Waals surface area contributed by atoms with E-state index in [1.165, 1.54) is 30.2 Å². The van der Waals surface area contributed by atoms with Crippen molar-refractivity contribution in [2.45, 2.75) is 44.2 Å². The number of aryl methyl sites for hydroxylation is 1. The second kappa shape index (κ2) is 15.3. The number of ether oxygens (including phenoxy) is 1. The average Bonchev–Trinajstić information content (AvgIpc) is 3.05. The van der Waals surface area contributed by atoms with Crippen LogP contribution in [0.1, 0.15) is 30.0 Å². The highest BCUT2D eigenvalue weighted by Gasteiger charge is 2.35. The Hall–Kier alpha value is -4.70. The molecule has 4 aromatic rings. The maximum absolute atomic E-state index is 15.0. The van der Waals surface area contributed by atoms with Crippen LogP contribution in [0, 0.1) is 12.7 Å². The zero-order chi connectivity index (χ0) is 32.4. The molecule has 4 aromatic carbocycles. The number of anilines is 1. The normalized spacial score (nSPS) is 11.8. The van der Waals surface area contributed by atoms with Gasteiger partial charge in [0.05, 0.1) is 17.7 Å². The third kappa shape index (κ3) is 8.48. The minimum atomic E-state index is -4.25. The lowest BCUT2D eigenvalue weighted by Crippen LogP contribution is -2.53. The van der Waals surface area contributed by atoms with E-state index in [9.17, 15) is 22.4 Å². The molecule has 236 valence electrons. The maximum atomic E-state index is 15.0. The second-order valence-corrected chi connectivity index (χ2v) is 12.5. The number of methoxy groups -OCH3 is 1. The van der Waals surface area contributed by atoms with Gasteiger partial charge in [-0.3, -0.25) is 13.9 Å². The van der Waals surface area contributed by atoms with Gasteiger partial charge in [-0.05, 0) is 61.4 Å². The van der Waals surface area contributed by atoms with E-state index in [0.29, 0.717) is 18.7 Å². The molecule has 0 radical (unpaired) electrons. The number of hydrogen-bond donors (Lipinski definition) is 1. The summed E-state index contributed by atoms with van der Waals surface area (Å²) in [5, 5.41) is 2.88. The van der Waals surface area contributed by atoms with Crippen LogP contribution in [0.5, 0.6) is 5.75 Å². The zero-order valence-electron chi connectivity index (χ0n) is 25.6. The quantitative estimate of drug-likeness (QED) is 0.198. The molecule has 0 spiro atoms. The Morgan fingerprint density at radius 1 is 0.889 bits per heavy atom. The lowest BCUT2D eigenvalue weighted by molar-refractivity contribution is -0.140. The fourth-order valence-corrected chi connectivity index (χ4v) is 6.26. The van der Waals surface area contributed by atoms with Crippen molar-refractivity contribution >= 4 is 27.5 Å². The van der Waals surface area contributed by atoms with Crippen molar-refractivity contribution < 1.29 is 27.1 Å². The summed E-state index contributed by atoms with van der Waals surface area (Å²) in [6.45, 7) is 3.26. The Labute approximate surface area is 264 Å².